The minimum absolute atomic E-state index is 0.245. The monoisotopic (exact) mass is 660 g/mol. The largest absolute Gasteiger partial charge is 0.508 e. The van der Waals surface area contributed by atoms with E-state index in [9.17, 15) is 0 Å². The van der Waals surface area contributed by atoms with Gasteiger partial charge in [0.05, 0.1) is 0 Å². The number of benzene rings is 4. The second kappa shape index (κ2) is 17.8. The average Bonchev–Trinajstić information content (AvgIpc) is 3.58. The molecule has 0 radical (unpaired) electrons. The number of aryl methyl sites for hydroxylation is 4. The Morgan fingerprint density at radius 2 is 0.854 bits per heavy atom. The van der Waals surface area contributed by atoms with Gasteiger partial charge in [-0.2, -0.15) is 24.3 Å². The minimum Gasteiger partial charge on any atom is -0.508 e. The fraction of sp³-hybridized carbons (Fsp3) is 0.139. The molecule has 0 aromatic heterocycles. The number of hydrogen-bond donors (Lipinski definition) is 2. The number of rotatable bonds is 0. The molecule has 0 saturated carbocycles. The number of halogens is 2. The molecular weight excluding hydrogens is 627 g/mol. The molecule has 2 nitrogen and oxygen atoms in total. The van der Waals surface area contributed by atoms with Gasteiger partial charge in [-0.3, -0.25) is 0 Å². The molecule has 0 spiro atoms. The third kappa shape index (κ3) is 12.2. The number of aromatic hydroxyl groups is 2. The smallest absolute Gasteiger partial charge is 0.115 e. The Labute approximate surface area is 268 Å². The van der Waals surface area contributed by atoms with Gasteiger partial charge in [-0.25, -0.2) is 0 Å². The quantitative estimate of drug-likeness (QED) is 0.159. The van der Waals surface area contributed by atoms with Gasteiger partial charge in [-0.05, 0) is 76.2 Å². The van der Waals surface area contributed by atoms with Gasteiger partial charge in [0.1, 0.15) is 11.5 Å². The van der Waals surface area contributed by atoms with Crippen LogP contribution < -0.4 is 0 Å². The molecule has 5 heteroatoms. The zero-order valence-electron chi connectivity index (χ0n) is 24.1. The van der Waals surface area contributed by atoms with Crippen LogP contribution in [-0.4, -0.2) is 13.9 Å². The first kappa shape index (κ1) is 34.2. The van der Waals surface area contributed by atoms with Crippen LogP contribution >= 0.6 is 23.2 Å². The predicted octanol–water partition coefficient (Wildman–Crippen LogP) is 10.8. The molecule has 2 N–H and O–H groups in total. The molecule has 0 fully saturated rings. The first-order chi connectivity index (χ1) is 19.5. The number of hydrogen-bond acceptors (Lipinski definition) is 2. The molecule has 6 rings (SSSR count). The van der Waals surface area contributed by atoms with Gasteiger partial charge in [-0.1, -0.05) is 45.5 Å². The van der Waals surface area contributed by atoms with Crippen LogP contribution in [0.25, 0.3) is 21.5 Å². The first-order valence-corrected chi connectivity index (χ1v) is 15.3. The fourth-order valence-electron chi connectivity index (χ4n) is 3.69. The van der Waals surface area contributed by atoms with Gasteiger partial charge >= 0.3 is 34.9 Å². The summed E-state index contributed by atoms with van der Waals surface area (Å²) in [6, 6.07) is 34.5. The Bertz CT molecular complexity index is 1390. The molecule has 0 saturated heterocycles. The van der Waals surface area contributed by atoms with Crippen molar-refractivity contribution in [2.24, 2.45) is 0 Å². The van der Waals surface area contributed by atoms with E-state index in [1.165, 1.54) is 68.0 Å². The molecular formula is C36H36Cl2O2Zr. The molecule has 41 heavy (non-hydrogen) atoms. The summed E-state index contributed by atoms with van der Waals surface area (Å²) in [6.07, 6.45) is 0. The van der Waals surface area contributed by atoms with Crippen molar-refractivity contribution in [1.82, 2.24) is 0 Å². The summed E-state index contributed by atoms with van der Waals surface area (Å²) in [5.41, 5.74) is 5.51. The molecule has 6 aromatic carbocycles. The van der Waals surface area contributed by atoms with Crippen LogP contribution in [0.4, 0.5) is 0 Å². The van der Waals surface area contributed by atoms with E-state index < -0.39 is 0 Å². The van der Waals surface area contributed by atoms with Crippen molar-refractivity contribution < 1.29 is 34.4 Å². The molecule has 0 heterocycles. The molecule has 0 bridgehead atoms. The minimum atomic E-state index is 0.245. The van der Waals surface area contributed by atoms with Gasteiger partial charge in [0.2, 0.25) is 0 Å². The van der Waals surface area contributed by atoms with Crippen molar-refractivity contribution in [3.8, 4) is 11.5 Å². The van der Waals surface area contributed by atoms with E-state index in [2.05, 4.69) is 92.1 Å². The average molecular weight is 663 g/mol. The van der Waals surface area contributed by atoms with Crippen LogP contribution in [0.1, 0.15) is 29.2 Å². The summed E-state index contributed by atoms with van der Waals surface area (Å²) >= 11 is 12.5. The SMILES string of the molecule is C[CH]=[Zr+2].Cc1cc2cc[cH-]c2cc1C.Cc1cc2cc[cH-]c2cc1C.Oc1ccc(Cl)cc1.Oc1ccc(Cl)cc1. The second-order valence-electron chi connectivity index (χ2n) is 9.42. The van der Waals surface area contributed by atoms with E-state index in [1.807, 2.05) is 6.92 Å². The maximum Gasteiger partial charge on any atom is 0.115 e. The van der Waals surface area contributed by atoms with Gasteiger partial charge in [0, 0.05) is 10.0 Å². The van der Waals surface area contributed by atoms with Crippen LogP contribution in [0.5, 0.6) is 11.5 Å². The second-order valence-corrected chi connectivity index (χ2v) is 11.7. The van der Waals surface area contributed by atoms with Crippen LogP contribution in [0.15, 0.2) is 109 Å². The summed E-state index contributed by atoms with van der Waals surface area (Å²) < 4.78 is 2.09. The normalized spacial score (nSPS) is 9.68. The molecule has 210 valence electrons. The summed E-state index contributed by atoms with van der Waals surface area (Å²) in [4.78, 5) is 0. The maximum atomic E-state index is 8.70. The summed E-state index contributed by atoms with van der Waals surface area (Å²) in [6.45, 7) is 10.7. The number of phenols is 2. The zero-order chi connectivity index (χ0) is 30.4. The van der Waals surface area contributed by atoms with E-state index in [-0.39, 0.29) is 11.5 Å². The Balaban J connectivity index is 0.000000187. The third-order valence-electron chi connectivity index (χ3n) is 6.16. The van der Waals surface area contributed by atoms with Gasteiger partial charge < -0.3 is 10.2 Å². The molecule has 0 unspecified atom stereocenters. The van der Waals surface area contributed by atoms with E-state index in [4.69, 9.17) is 33.4 Å². The molecule has 6 aromatic rings. The first-order valence-electron chi connectivity index (χ1n) is 13.1. The predicted molar refractivity (Wildman–Crippen MR) is 176 cm³/mol. The summed E-state index contributed by atoms with van der Waals surface area (Å²) in [5, 5.41) is 24.1. The third-order valence-corrected chi connectivity index (χ3v) is 6.66. The Morgan fingerprint density at radius 1 is 0.561 bits per heavy atom. The van der Waals surface area contributed by atoms with E-state index >= 15 is 0 Å². The Morgan fingerprint density at radius 3 is 1.15 bits per heavy atom. The Hall–Kier alpha value is -2.97. The fourth-order valence-corrected chi connectivity index (χ4v) is 3.94. The standard InChI is InChI=1S/2C11H11.2C6H5ClO.C2H4.Zr/c2*1-8-6-10-4-3-5-11(10)7-9(8)2;2*7-5-1-3-6(8)4-2-5;1-2;/h2*3-7H,1-2H3;2*1-4,8H;1H,2H3;/q2*-1;;;;+2. The van der Waals surface area contributed by atoms with Crippen molar-refractivity contribution in [3.63, 3.8) is 0 Å². The van der Waals surface area contributed by atoms with Crippen molar-refractivity contribution in [1.29, 1.82) is 0 Å². The van der Waals surface area contributed by atoms with E-state index in [1.54, 1.807) is 48.5 Å². The van der Waals surface area contributed by atoms with Crippen molar-refractivity contribution in [2.75, 3.05) is 0 Å². The van der Waals surface area contributed by atoms with Crippen LogP contribution in [0.3, 0.4) is 0 Å². The van der Waals surface area contributed by atoms with Gasteiger partial charge in [0.25, 0.3) is 0 Å². The summed E-state index contributed by atoms with van der Waals surface area (Å²) in [7, 11) is 0. The molecule has 0 aliphatic heterocycles. The number of fused-ring (bicyclic) bond motifs is 2. The van der Waals surface area contributed by atoms with Crippen LogP contribution in [0.2, 0.25) is 10.0 Å². The van der Waals surface area contributed by atoms with E-state index in [0.29, 0.717) is 10.0 Å². The van der Waals surface area contributed by atoms with Crippen molar-refractivity contribution >= 4 is 48.5 Å². The van der Waals surface area contributed by atoms with Crippen molar-refractivity contribution in [3.05, 3.63) is 141 Å². The van der Waals surface area contributed by atoms with E-state index in [0.717, 1.165) is 0 Å². The zero-order valence-corrected chi connectivity index (χ0v) is 28.1. The number of phenolic OH excluding ortho intramolecular Hbond substituents is 2. The molecule has 0 atom stereocenters. The summed E-state index contributed by atoms with van der Waals surface area (Å²) in [5.74, 6) is 0.490. The van der Waals surface area contributed by atoms with Gasteiger partial charge in [-0.15, -0.1) is 57.9 Å². The van der Waals surface area contributed by atoms with Crippen LogP contribution in [0, 0.1) is 27.7 Å². The molecule has 0 aliphatic rings. The molecule has 0 amide bonds. The topological polar surface area (TPSA) is 40.5 Å². The maximum absolute atomic E-state index is 8.70. The molecule has 0 aliphatic carbocycles. The Kier molecular flexibility index (Phi) is 14.8. The van der Waals surface area contributed by atoms with Crippen LogP contribution in [-0.2, 0) is 24.2 Å². The van der Waals surface area contributed by atoms with Gasteiger partial charge in [0.15, 0.2) is 0 Å². The van der Waals surface area contributed by atoms with Crippen molar-refractivity contribution in [2.45, 2.75) is 34.6 Å².